The lowest BCUT2D eigenvalue weighted by atomic mass is 10.2. The van der Waals surface area contributed by atoms with E-state index in [4.69, 9.17) is 0 Å². The van der Waals surface area contributed by atoms with Gasteiger partial charge in [0.25, 0.3) is 0 Å². The summed E-state index contributed by atoms with van der Waals surface area (Å²) in [4.78, 5) is 6.59. The van der Waals surface area contributed by atoms with E-state index in [0.717, 1.165) is 22.1 Å². The summed E-state index contributed by atoms with van der Waals surface area (Å²) in [5.41, 5.74) is 1.94. The van der Waals surface area contributed by atoms with Crippen molar-refractivity contribution in [3.8, 4) is 0 Å². The third-order valence-corrected chi connectivity index (χ3v) is 4.89. The van der Waals surface area contributed by atoms with Crippen molar-refractivity contribution in [3.05, 3.63) is 71.8 Å². The van der Waals surface area contributed by atoms with Crippen molar-refractivity contribution in [2.45, 2.75) is 19.6 Å². The van der Waals surface area contributed by atoms with E-state index in [9.17, 15) is 5.11 Å². The first-order valence-electron chi connectivity index (χ1n) is 7.59. The van der Waals surface area contributed by atoms with Gasteiger partial charge in [-0.25, -0.2) is 0 Å². The molecule has 0 radical (unpaired) electrons. The average Bonchev–Trinajstić information content (AvgIpc) is 2.83. The quantitative estimate of drug-likeness (QED) is 0.839. The maximum atomic E-state index is 10.7. The Kier molecular flexibility index (Phi) is 4.55. The number of hydrogen-bond acceptors (Lipinski definition) is 4. The average molecular weight is 324 g/mol. The van der Waals surface area contributed by atoms with Crippen LogP contribution in [0.5, 0.6) is 0 Å². The molecule has 1 aliphatic rings. The van der Waals surface area contributed by atoms with Gasteiger partial charge in [0.1, 0.15) is 5.72 Å². The lowest BCUT2D eigenvalue weighted by Crippen LogP contribution is -2.42. The van der Waals surface area contributed by atoms with Gasteiger partial charge in [-0.3, -0.25) is 4.99 Å². The molecule has 0 bridgehead atoms. The third-order valence-electron chi connectivity index (χ3n) is 3.60. The van der Waals surface area contributed by atoms with Crippen molar-refractivity contribution in [2.24, 2.45) is 4.99 Å². The van der Waals surface area contributed by atoms with Gasteiger partial charge in [-0.05, 0) is 44.2 Å². The van der Waals surface area contributed by atoms with Crippen LogP contribution < -0.4 is 4.90 Å². The topological polar surface area (TPSA) is 35.8 Å². The second kappa shape index (κ2) is 6.60. The molecule has 118 valence electrons. The van der Waals surface area contributed by atoms with Crippen LogP contribution in [0.25, 0.3) is 0 Å². The molecule has 0 amide bonds. The Morgan fingerprint density at radius 3 is 2.39 bits per heavy atom. The molecule has 1 fully saturated rings. The van der Waals surface area contributed by atoms with E-state index in [1.807, 2.05) is 85.5 Å². The van der Waals surface area contributed by atoms with Crippen molar-refractivity contribution in [3.63, 3.8) is 0 Å². The molecular formula is C19H20N2OS. The number of anilines is 1. The highest BCUT2D eigenvalue weighted by Gasteiger charge is 2.38. The zero-order valence-corrected chi connectivity index (χ0v) is 14.1. The molecule has 1 heterocycles. The Hall–Kier alpha value is -2.04. The van der Waals surface area contributed by atoms with Gasteiger partial charge in [0.05, 0.1) is 10.7 Å². The maximum absolute atomic E-state index is 10.7. The van der Waals surface area contributed by atoms with Crippen LogP contribution in [0.3, 0.4) is 0 Å². The molecule has 23 heavy (non-hydrogen) atoms. The summed E-state index contributed by atoms with van der Waals surface area (Å²) < 4.78 is 0. The molecule has 0 unspecified atom stereocenters. The monoisotopic (exact) mass is 324 g/mol. The van der Waals surface area contributed by atoms with Gasteiger partial charge in [-0.2, -0.15) is 0 Å². The molecule has 1 atom stereocenters. The number of nitrogens with zero attached hydrogens (tertiary/aromatic N) is 2. The van der Waals surface area contributed by atoms with Crippen molar-refractivity contribution in [1.82, 2.24) is 0 Å². The fourth-order valence-corrected chi connectivity index (χ4v) is 3.82. The fourth-order valence-electron chi connectivity index (χ4n) is 2.58. The van der Waals surface area contributed by atoms with E-state index in [1.165, 1.54) is 0 Å². The maximum Gasteiger partial charge on any atom is 0.149 e. The summed E-state index contributed by atoms with van der Waals surface area (Å²) in [6, 6.07) is 19.9. The number of thioether (sulfide) groups is 1. The zero-order chi connectivity index (χ0) is 16.3. The second-order valence-electron chi connectivity index (χ2n) is 5.75. The number of rotatable bonds is 3. The summed E-state index contributed by atoms with van der Waals surface area (Å²) in [6.07, 6.45) is 2.03. The molecule has 1 aliphatic heterocycles. The number of benzene rings is 2. The normalized spacial score (nSPS) is 23.5. The zero-order valence-electron chi connectivity index (χ0n) is 13.3. The predicted octanol–water partition coefficient (Wildman–Crippen LogP) is 4.58. The first kappa shape index (κ1) is 15.8. The third kappa shape index (κ3) is 3.66. The highest BCUT2D eigenvalue weighted by molar-refractivity contribution is 8.03. The minimum absolute atomic E-state index is 0.631. The van der Waals surface area contributed by atoms with Crippen LogP contribution >= 0.6 is 11.8 Å². The first-order valence-corrected chi connectivity index (χ1v) is 8.57. The van der Waals surface area contributed by atoms with Gasteiger partial charge in [0.2, 0.25) is 0 Å². The molecule has 3 rings (SSSR count). The minimum Gasteiger partial charge on any atom is -0.370 e. The van der Waals surface area contributed by atoms with E-state index in [1.54, 1.807) is 11.8 Å². The second-order valence-corrected chi connectivity index (χ2v) is 6.74. The minimum atomic E-state index is -0.898. The molecule has 0 aromatic heterocycles. The van der Waals surface area contributed by atoms with Gasteiger partial charge >= 0.3 is 0 Å². The Labute approximate surface area is 141 Å². The number of allylic oxidation sites excluding steroid dienone is 1. The Bertz CT molecular complexity index is 724. The molecule has 0 spiro atoms. The standard InChI is InChI=1S/C19H20N2OS/c1-15(20-16-9-5-3-6-10-16)13-18-21(19(2,22)14-23-18)17-11-7-4-8-12-17/h3-13,22H,14H2,1-2H3/b18-13-,20-15?/t19-/m0/s1. The van der Waals surface area contributed by atoms with E-state index < -0.39 is 5.72 Å². The molecular weight excluding hydrogens is 304 g/mol. The molecule has 3 nitrogen and oxygen atoms in total. The van der Waals surface area contributed by atoms with Crippen LogP contribution in [0.15, 0.2) is 76.8 Å². The van der Waals surface area contributed by atoms with Gasteiger partial charge in [-0.1, -0.05) is 36.4 Å². The molecule has 1 N–H and O–H groups in total. The lowest BCUT2D eigenvalue weighted by Gasteiger charge is -2.31. The molecule has 2 aromatic rings. The van der Waals surface area contributed by atoms with Crippen LogP contribution in [-0.4, -0.2) is 22.3 Å². The SMILES string of the molecule is CC(/C=C1\SC[C@](C)(O)N1c1ccccc1)=Nc1ccccc1. The van der Waals surface area contributed by atoms with Crippen LogP contribution in [-0.2, 0) is 0 Å². The molecule has 1 saturated heterocycles. The van der Waals surface area contributed by atoms with Gasteiger partial charge in [0.15, 0.2) is 0 Å². The molecule has 0 aliphatic carbocycles. The van der Waals surface area contributed by atoms with Gasteiger partial charge in [0, 0.05) is 17.2 Å². The van der Waals surface area contributed by atoms with Crippen LogP contribution in [0.1, 0.15) is 13.8 Å². The number of hydrogen-bond donors (Lipinski definition) is 1. The van der Waals surface area contributed by atoms with Crippen LogP contribution in [0.2, 0.25) is 0 Å². The van der Waals surface area contributed by atoms with Crippen LogP contribution in [0.4, 0.5) is 11.4 Å². The van der Waals surface area contributed by atoms with Crippen LogP contribution in [0, 0.1) is 0 Å². The Morgan fingerprint density at radius 1 is 1.13 bits per heavy atom. The highest BCUT2D eigenvalue weighted by atomic mass is 32.2. The fraction of sp³-hybridized carbons (Fsp3) is 0.211. The smallest absolute Gasteiger partial charge is 0.149 e. The van der Waals surface area contributed by atoms with Crippen molar-refractivity contribution < 1.29 is 5.11 Å². The van der Waals surface area contributed by atoms with Crippen molar-refractivity contribution in [2.75, 3.05) is 10.7 Å². The summed E-state index contributed by atoms with van der Waals surface area (Å²) >= 11 is 1.65. The summed E-state index contributed by atoms with van der Waals surface area (Å²) in [5.74, 6) is 0.631. The highest BCUT2D eigenvalue weighted by Crippen LogP contribution is 2.41. The first-order chi connectivity index (χ1) is 11.1. The number of para-hydroxylation sites is 2. The Morgan fingerprint density at radius 2 is 1.74 bits per heavy atom. The summed E-state index contributed by atoms with van der Waals surface area (Å²) in [6.45, 7) is 3.83. The Balaban J connectivity index is 1.93. The van der Waals surface area contributed by atoms with E-state index >= 15 is 0 Å². The number of aliphatic hydroxyl groups is 1. The van der Waals surface area contributed by atoms with Crippen molar-refractivity contribution >= 4 is 28.8 Å². The largest absolute Gasteiger partial charge is 0.370 e. The molecule has 4 heteroatoms. The van der Waals surface area contributed by atoms with E-state index in [2.05, 4.69) is 4.99 Å². The predicted molar refractivity (Wildman–Crippen MR) is 99.3 cm³/mol. The van der Waals surface area contributed by atoms with Gasteiger partial charge in [-0.15, -0.1) is 11.8 Å². The van der Waals surface area contributed by atoms with Crippen molar-refractivity contribution in [1.29, 1.82) is 0 Å². The molecule has 0 saturated carbocycles. The van der Waals surface area contributed by atoms with E-state index in [0.29, 0.717) is 5.75 Å². The van der Waals surface area contributed by atoms with Gasteiger partial charge < -0.3 is 10.0 Å². The summed E-state index contributed by atoms with van der Waals surface area (Å²) in [7, 11) is 0. The molecule has 2 aromatic carbocycles. The van der Waals surface area contributed by atoms with E-state index in [-0.39, 0.29) is 0 Å². The summed E-state index contributed by atoms with van der Waals surface area (Å²) in [5, 5.41) is 11.7. The number of aliphatic imine (C=N–C) groups is 1. The lowest BCUT2D eigenvalue weighted by molar-refractivity contribution is 0.0950.